The van der Waals surface area contributed by atoms with Gasteiger partial charge in [-0.1, -0.05) is 11.6 Å². The maximum Gasteiger partial charge on any atom is 0.257 e. The van der Waals surface area contributed by atoms with Gasteiger partial charge in [-0.25, -0.2) is 0 Å². The Balaban J connectivity index is 2.32. The fourth-order valence-corrected chi connectivity index (χ4v) is 2.46. The van der Waals surface area contributed by atoms with Crippen molar-refractivity contribution in [1.29, 1.82) is 0 Å². The first kappa shape index (κ1) is 15.1. The molecule has 2 rings (SSSR count). The summed E-state index contributed by atoms with van der Waals surface area (Å²) in [6.07, 6.45) is -1.18. The van der Waals surface area contributed by atoms with Crippen molar-refractivity contribution >= 4 is 28.9 Å². The van der Waals surface area contributed by atoms with Gasteiger partial charge in [0.2, 0.25) is 0 Å². The second-order valence-electron chi connectivity index (χ2n) is 4.49. The molecule has 6 nitrogen and oxygen atoms in total. The molecule has 7 heteroatoms. The van der Waals surface area contributed by atoms with Gasteiger partial charge in [-0.3, -0.25) is 4.79 Å². The summed E-state index contributed by atoms with van der Waals surface area (Å²) in [5.74, 6) is -0.459. The summed E-state index contributed by atoms with van der Waals surface area (Å²) >= 11 is 6.22. The number of methoxy groups -OCH3 is 1. The van der Waals surface area contributed by atoms with Crippen LogP contribution in [0, 0.1) is 0 Å². The van der Waals surface area contributed by atoms with Crippen molar-refractivity contribution < 1.29 is 19.7 Å². The smallest absolute Gasteiger partial charge is 0.257 e. The number of benzene rings is 1. The van der Waals surface area contributed by atoms with Crippen LogP contribution in [0.15, 0.2) is 12.1 Å². The number of ether oxygens (including phenoxy) is 1. The van der Waals surface area contributed by atoms with Crippen molar-refractivity contribution in [3.8, 4) is 0 Å². The van der Waals surface area contributed by atoms with E-state index in [0.717, 1.165) is 0 Å². The van der Waals surface area contributed by atoms with Crippen LogP contribution >= 0.6 is 11.6 Å². The van der Waals surface area contributed by atoms with E-state index < -0.39 is 12.0 Å². The molecule has 0 radical (unpaired) electrons. The normalized spacial score (nSPS) is 17.0. The van der Waals surface area contributed by atoms with Crippen LogP contribution in [-0.2, 0) is 9.53 Å². The highest BCUT2D eigenvalue weighted by atomic mass is 35.5. The molecule has 0 aromatic heterocycles. The van der Waals surface area contributed by atoms with E-state index in [4.69, 9.17) is 21.4 Å². The van der Waals surface area contributed by atoms with Crippen LogP contribution in [0.3, 0.4) is 0 Å². The number of anilines is 2. The van der Waals surface area contributed by atoms with Crippen LogP contribution in [0.4, 0.5) is 11.4 Å². The van der Waals surface area contributed by atoms with Gasteiger partial charge in [0.05, 0.1) is 23.9 Å². The largest absolute Gasteiger partial charge is 0.395 e. The third kappa shape index (κ3) is 2.88. The average Bonchev–Trinajstić information content (AvgIpc) is 2.70. The van der Waals surface area contributed by atoms with Crippen LogP contribution in [0.25, 0.3) is 0 Å². The number of amides is 1. The summed E-state index contributed by atoms with van der Waals surface area (Å²) in [7, 11) is 1.60. The first-order valence-corrected chi connectivity index (χ1v) is 6.63. The lowest BCUT2D eigenvalue weighted by Crippen LogP contribution is -2.30. The Morgan fingerprint density at radius 1 is 1.45 bits per heavy atom. The molecule has 1 aliphatic rings. The Morgan fingerprint density at radius 2 is 2.20 bits per heavy atom. The number of carbonyl (C=O) groups is 1. The Bertz CT molecular complexity index is 509. The molecular weight excluding hydrogens is 284 g/mol. The van der Waals surface area contributed by atoms with Crippen molar-refractivity contribution in [2.24, 2.45) is 0 Å². The zero-order valence-electron chi connectivity index (χ0n) is 11.1. The van der Waals surface area contributed by atoms with Gasteiger partial charge in [-0.2, -0.15) is 0 Å². The van der Waals surface area contributed by atoms with Crippen LogP contribution in [0.1, 0.15) is 11.7 Å². The number of halogens is 1. The minimum atomic E-state index is -1.18. The highest BCUT2D eigenvalue weighted by Crippen LogP contribution is 2.38. The van der Waals surface area contributed by atoms with Crippen molar-refractivity contribution in [3.05, 3.63) is 22.7 Å². The molecule has 1 unspecified atom stereocenters. The number of hydrogen-bond donors (Lipinski definition) is 3. The van der Waals surface area contributed by atoms with Crippen molar-refractivity contribution in [2.75, 3.05) is 43.6 Å². The molecule has 1 aliphatic heterocycles. The number of nitrogens with zero attached hydrogens (tertiary/aromatic N) is 1. The third-order valence-corrected chi connectivity index (χ3v) is 3.50. The van der Waals surface area contributed by atoms with Gasteiger partial charge in [0, 0.05) is 31.5 Å². The van der Waals surface area contributed by atoms with E-state index in [1.54, 1.807) is 19.2 Å². The van der Waals surface area contributed by atoms with Gasteiger partial charge < -0.3 is 25.2 Å². The number of rotatable bonds is 6. The molecule has 0 saturated heterocycles. The summed E-state index contributed by atoms with van der Waals surface area (Å²) in [5.41, 5.74) is 1.70. The Labute approximate surface area is 121 Å². The van der Waals surface area contributed by atoms with E-state index in [9.17, 15) is 9.90 Å². The molecule has 0 aliphatic carbocycles. The van der Waals surface area contributed by atoms with Crippen molar-refractivity contribution in [1.82, 2.24) is 0 Å². The lowest BCUT2D eigenvalue weighted by Gasteiger charge is -2.25. The number of nitrogens with one attached hydrogen (secondary N) is 1. The number of carbonyl (C=O) groups excluding carboxylic acids is 1. The summed E-state index contributed by atoms with van der Waals surface area (Å²) in [6, 6.07) is 3.28. The van der Waals surface area contributed by atoms with Crippen LogP contribution < -0.4 is 10.2 Å². The third-order valence-electron chi connectivity index (χ3n) is 3.20. The van der Waals surface area contributed by atoms with Crippen molar-refractivity contribution in [3.63, 3.8) is 0 Å². The standard InChI is InChI=1S/C13H17ClN2O4/c1-20-5-3-16(2-4-17)11-7-10-8(6-9(11)14)12(18)13(19)15-10/h6-7,12,17-18H,2-5H2,1H3,(H,15,19). The van der Waals surface area contributed by atoms with Crippen molar-refractivity contribution in [2.45, 2.75) is 6.10 Å². The topological polar surface area (TPSA) is 82.0 Å². The minimum Gasteiger partial charge on any atom is -0.395 e. The lowest BCUT2D eigenvalue weighted by molar-refractivity contribution is -0.123. The minimum absolute atomic E-state index is 0.0217. The highest BCUT2D eigenvalue weighted by molar-refractivity contribution is 6.33. The number of hydrogen-bond acceptors (Lipinski definition) is 5. The molecule has 0 saturated carbocycles. The van der Waals surface area contributed by atoms with E-state index in [1.165, 1.54) is 0 Å². The summed E-state index contributed by atoms with van der Waals surface area (Å²) in [4.78, 5) is 13.3. The summed E-state index contributed by atoms with van der Waals surface area (Å²) in [6.45, 7) is 1.43. The molecule has 3 N–H and O–H groups in total. The second kappa shape index (κ2) is 6.41. The average molecular weight is 301 g/mol. The molecule has 1 amide bonds. The molecule has 20 heavy (non-hydrogen) atoms. The monoisotopic (exact) mass is 300 g/mol. The van der Waals surface area contributed by atoms with Gasteiger partial charge in [0.15, 0.2) is 6.10 Å². The summed E-state index contributed by atoms with van der Waals surface area (Å²) in [5, 5.41) is 21.9. The van der Waals surface area contributed by atoms with Crippen LogP contribution in [-0.4, -0.2) is 49.5 Å². The van der Waals surface area contributed by atoms with Gasteiger partial charge in [-0.15, -0.1) is 0 Å². The first-order chi connectivity index (χ1) is 9.58. The van der Waals surface area contributed by atoms with E-state index in [1.807, 2.05) is 4.90 Å². The molecule has 1 aromatic rings. The molecule has 1 atom stereocenters. The van der Waals surface area contributed by atoms with E-state index in [0.29, 0.717) is 41.7 Å². The first-order valence-electron chi connectivity index (χ1n) is 6.25. The van der Waals surface area contributed by atoms with E-state index in [-0.39, 0.29) is 6.61 Å². The Hall–Kier alpha value is -1.34. The predicted molar refractivity (Wildman–Crippen MR) is 76.2 cm³/mol. The lowest BCUT2D eigenvalue weighted by atomic mass is 10.1. The summed E-state index contributed by atoms with van der Waals surface area (Å²) < 4.78 is 5.03. The van der Waals surface area contributed by atoms with Crippen LogP contribution in [0.5, 0.6) is 0 Å². The predicted octanol–water partition coefficient (Wildman–Crippen LogP) is 0.771. The molecular formula is C13H17ClN2O4. The molecule has 0 spiro atoms. The molecule has 1 aromatic carbocycles. The Kier molecular flexibility index (Phi) is 4.82. The number of fused-ring (bicyclic) bond motifs is 1. The maximum atomic E-state index is 11.4. The number of aliphatic hydroxyl groups is 2. The van der Waals surface area contributed by atoms with Crippen LogP contribution in [0.2, 0.25) is 5.02 Å². The van der Waals surface area contributed by atoms with E-state index >= 15 is 0 Å². The fourth-order valence-electron chi connectivity index (χ4n) is 2.17. The van der Waals surface area contributed by atoms with Gasteiger partial charge in [0.25, 0.3) is 5.91 Å². The maximum absolute atomic E-state index is 11.4. The van der Waals surface area contributed by atoms with Gasteiger partial charge >= 0.3 is 0 Å². The van der Waals surface area contributed by atoms with Gasteiger partial charge in [-0.05, 0) is 12.1 Å². The zero-order chi connectivity index (χ0) is 14.7. The molecule has 110 valence electrons. The molecule has 0 fully saturated rings. The highest BCUT2D eigenvalue weighted by Gasteiger charge is 2.30. The Morgan fingerprint density at radius 3 is 2.85 bits per heavy atom. The zero-order valence-corrected chi connectivity index (χ0v) is 11.9. The van der Waals surface area contributed by atoms with Gasteiger partial charge in [0.1, 0.15) is 0 Å². The van der Waals surface area contributed by atoms with E-state index in [2.05, 4.69) is 5.32 Å². The molecule has 1 heterocycles. The second-order valence-corrected chi connectivity index (χ2v) is 4.89. The quantitative estimate of drug-likeness (QED) is 0.723. The fraction of sp³-hybridized carbons (Fsp3) is 0.462. The molecule has 0 bridgehead atoms. The SMILES string of the molecule is COCCN(CCO)c1cc2c(cc1Cl)C(O)C(=O)N2. The number of aliphatic hydroxyl groups excluding tert-OH is 2.